The zero-order chi connectivity index (χ0) is 14.1. The van der Waals surface area contributed by atoms with Crippen LogP contribution in [0.25, 0.3) is 11.0 Å². The van der Waals surface area contributed by atoms with E-state index in [4.69, 9.17) is 0 Å². The summed E-state index contributed by atoms with van der Waals surface area (Å²) in [7, 11) is 0. The first-order valence-corrected chi connectivity index (χ1v) is 6.88. The third-order valence-corrected chi connectivity index (χ3v) is 3.73. The molecule has 5 nitrogen and oxygen atoms in total. The second-order valence-electron chi connectivity index (χ2n) is 4.84. The molecule has 0 aliphatic rings. The Labute approximate surface area is 117 Å². The van der Waals surface area contributed by atoms with E-state index in [9.17, 15) is 4.79 Å². The zero-order valence-electron chi connectivity index (χ0n) is 11.8. The van der Waals surface area contributed by atoms with Crippen molar-refractivity contribution in [2.45, 2.75) is 33.5 Å². The molecule has 1 aromatic carbocycles. The number of para-hydroxylation sites is 2. The molecule has 0 N–H and O–H groups in total. The smallest absolute Gasteiger partial charge is 0.329 e. The van der Waals surface area contributed by atoms with Crippen LogP contribution in [0.15, 0.2) is 41.5 Å². The van der Waals surface area contributed by atoms with Crippen molar-refractivity contribution in [1.29, 1.82) is 0 Å². The highest BCUT2D eigenvalue weighted by Gasteiger charge is 2.11. The van der Waals surface area contributed by atoms with Crippen molar-refractivity contribution in [1.82, 2.24) is 18.7 Å². The Morgan fingerprint density at radius 1 is 1.10 bits per heavy atom. The highest BCUT2D eigenvalue weighted by Crippen LogP contribution is 2.12. The molecular formula is C15H18N4O. The molecule has 2 aromatic heterocycles. The number of nitrogens with zero attached hydrogens (tertiary/aromatic N) is 4. The summed E-state index contributed by atoms with van der Waals surface area (Å²) in [5, 5.41) is 0. The molecule has 0 fully saturated rings. The van der Waals surface area contributed by atoms with E-state index in [0.717, 1.165) is 23.4 Å². The molecule has 2 heterocycles. The first-order valence-electron chi connectivity index (χ1n) is 6.88. The molecule has 0 aliphatic carbocycles. The van der Waals surface area contributed by atoms with Gasteiger partial charge in [-0.15, -0.1) is 0 Å². The van der Waals surface area contributed by atoms with Crippen LogP contribution in [0.3, 0.4) is 0 Å². The fraction of sp³-hybridized carbons (Fsp3) is 0.333. The van der Waals surface area contributed by atoms with Crippen LogP contribution in [0.2, 0.25) is 0 Å². The Bertz CT molecular complexity index is 794. The Morgan fingerprint density at radius 3 is 2.40 bits per heavy atom. The minimum Gasteiger partial charge on any atom is -0.333 e. The molecule has 5 heteroatoms. The summed E-state index contributed by atoms with van der Waals surface area (Å²) < 4.78 is 5.72. The van der Waals surface area contributed by atoms with Gasteiger partial charge in [0.1, 0.15) is 5.82 Å². The molecule has 0 saturated heterocycles. The monoisotopic (exact) mass is 270 g/mol. The molecule has 0 saturated carbocycles. The van der Waals surface area contributed by atoms with Gasteiger partial charge in [0.05, 0.1) is 11.0 Å². The normalized spacial score (nSPS) is 11.3. The van der Waals surface area contributed by atoms with E-state index in [1.54, 1.807) is 6.20 Å². The Hall–Kier alpha value is -2.30. The summed E-state index contributed by atoms with van der Waals surface area (Å²) in [5.41, 5.74) is 2.06. The third kappa shape index (κ3) is 1.95. The summed E-state index contributed by atoms with van der Waals surface area (Å²) >= 11 is 0. The quantitative estimate of drug-likeness (QED) is 0.728. The fourth-order valence-corrected chi connectivity index (χ4v) is 2.64. The molecule has 0 amide bonds. The van der Waals surface area contributed by atoms with Crippen LogP contribution in [-0.2, 0) is 19.6 Å². The first kappa shape index (κ1) is 12.7. The van der Waals surface area contributed by atoms with Crippen molar-refractivity contribution >= 4 is 11.0 Å². The molecule has 0 bridgehead atoms. The average Bonchev–Trinajstić information content (AvgIpc) is 2.98. The van der Waals surface area contributed by atoms with E-state index < -0.39 is 0 Å². The Kier molecular flexibility index (Phi) is 3.18. The summed E-state index contributed by atoms with van der Waals surface area (Å²) in [4.78, 5) is 16.7. The number of imidazole rings is 2. The number of aromatic nitrogens is 4. The summed E-state index contributed by atoms with van der Waals surface area (Å²) in [5.74, 6) is 0.970. The average molecular weight is 270 g/mol. The van der Waals surface area contributed by atoms with E-state index in [1.165, 1.54) is 0 Å². The molecule has 104 valence electrons. The van der Waals surface area contributed by atoms with E-state index >= 15 is 0 Å². The summed E-state index contributed by atoms with van der Waals surface area (Å²) in [6, 6.07) is 7.95. The zero-order valence-corrected chi connectivity index (χ0v) is 11.8. The van der Waals surface area contributed by atoms with Crippen molar-refractivity contribution < 1.29 is 0 Å². The molecule has 20 heavy (non-hydrogen) atoms. The van der Waals surface area contributed by atoms with Crippen LogP contribution in [0.5, 0.6) is 0 Å². The Morgan fingerprint density at radius 2 is 1.80 bits per heavy atom. The van der Waals surface area contributed by atoms with Gasteiger partial charge in [-0.05, 0) is 26.0 Å². The second kappa shape index (κ2) is 5.00. The number of fused-ring (bicyclic) bond motifs is 1. The van der Waals surface area contributed by atoms with Gasteiger partial charge in [0.15, 0.2) is 0 Å². The minimum atomic E-state index is 0.0615. The van der Waals surface area contributed by atoms with Crippen LogP contribution < -0.4 is 5.69 Å². The van der Waals surface area contributed by atoms with E-state index in [2.05, 4.69) is 9.55 Å². The summed E-state index contributed by atoms with van der Waals surface area (Å²) in [6.07, 6.45) is 3.73. The van der Waals surface area contributed by atoms with Crippen molar-refractivity contribution in [3.8, 4) is 0 Å². The molecule has 0 atom stereocenters. The molecular weight excluding hydrogens is 252 g/mol. The highest BCUT2D eigenvalue weighted by molar-refractivity contribution is 5.75. The van der Waals surface area contributed by atoms with Gasteiger partial charge in [-0.2, -0.15) is 0 Å². The van der Waals surface area contributed by atoms with Gasteiger partial charge in [0.25, 0.3) is 0 Å². The maximum atomic E-state index is 12.5. The predicted molar refractivity (Wildman–Crippen MR) is 78.8 cm³/mol. The lowest BCUT2D eigenvalue weighted by molar-refractivity contribution is 0.553. The molecule has 3 rings (SSSR count). The third-order valence-electron chi connectivity index (χ3n) is 3.73. The van der Waals surface area contributed by atoms with Crippen molar-refractivity contribution in [2.24, 2.45) is 0 Å². The first-order chi connectivity index (χ1) is 9.72. The van der Waals surface area contributed by atoms with Gasteiger partial charge in [0.2, 0.25) is 0 Å². The van der Waals surface area contributed by atoms with Crippen LogP contribution in [-0.4, -0.2) is 18.7 Å². The van der Waals surface area contributed by atoms with Crippen LogP contribution >= 0.6 is 0 Å². The topological polar surface area (TPSA) is 44.8 Å². The summed E-state index contributed by atoms with van der Waals surface area (Å²) in [6.45, 7) is 6.07. The predicted octanol–water partition coefficient (Wildman–Crippen LogP) is 2.03. The van der Waals surface area contributed by atoms with Crippen molar-refractivity contribution in [2.75, 3.05) is 0 Å². The van der Waals surface area contributed by atoms with Gasteiger partial charge < -0.3 is 4.57 Å². The fourth-order valence-electron chi connectivity index (χ4n) is 2.64. The van der Waals surface area contributed by atoms with Crippen LogP contribution in [0, 0.1) is 6.92 Å². The number of hydrogen-bond acceptors (Lipinski definition) is 2. The lowest BCUT2D eigenvalue weighted by atomic mass is 10.3. The molecule has 0 aliphatic heterocycles. The second-order valence-corrected chi connectivity index (χ2v) is 4.84. The number of aryl methyl sites for hydroxylation is 4. The molecule has 0 spiro atoms. The van der Waals surface area contributed by atoms with Gasteiger partial charge >= 0.3 is 5.69 Å². The van der Waals surface area contributed by atoms with Gasteiger partial charge in [-0.25, -0.2) is 9.78 Å². The molecule has 0 radical (unpaired) electrons. The van der Waals surface area contributed by atoms with Crippen molar-refractivity contribution in [3.63, 3.8) is 0 Å². The lowest BCUT2D eigenvalue weighted by Crippen LogP contribution is -2.25. The largest absolute Gasteiger partial charge is 0.333 e. The van der Waals surface area contributed by atoms with E-state index in [0.29, 0.717) is 13.1 Å². The van der Waals surface area contributed by atoms with Crippen molar-refractivity contribution in [3.05, 3.63) is 53.0 Å². The van der Waals surface area contributed by atoms with E-state index in [1.807, 2.05) is 53.4 Å². The highest BCUT2D eigenvalue weighted by atomic mass is 16.1. The van der Waals surface area contributed by atoms with Crippen LogP contribution in [0.1, 0.15) is 12.7 Å². The van der Waals surface area contributed by atoms with E-state index in [-0.39, 0.29) is 5.69 Å². The molecule has 0 unspecified atom stereocenters. The standard InChI is InChI=1S/C15H18N4O/c1-3-18-13-6-4-5-7-14(13)19(15(18)20)11-10-17-9-8-16-12(17)2/h4-9H,3,10-11H2,1-2H3. The number of rotatable bonds is 4. The minimum absolute atomic E-state index is 0.0615. The van der Waals surface area contributed by atoms with Gasteiger partial charge in [0, 0.05) is 32.0 Å². The lowest BCUT2D eigenvalue weighted by Gasteiger charge is -2.06. The molecule has 3 aromatic rings. The number of hydrogen-bond donors (Lipinski definition) is 0. The Balaban J connectivity index is 2.01. The van der Waals surface area contributed by atoms with Gasteiger partial charge in [-0.3, -0.25) is 9.13 Å². The van der Waals surface area contributed by atoms with Crippen LogP contribution in [0.4, 0.5) is 0 Å². The maximum Gasteiger partial charge on any atom is 0.329 e. The number of benzene rings is 1. The maximum absolute atomic E-state index is 12.5. The van der Waals surface area contributed by atoms with Gasteiger partial charge in [-0.1, -0.05) is 12.1 Å². The SMILES string of the molecule is CCn1c(=O)n(CCn2ccnc2C)c2ccccc21.